The molecule has 0 unspecified atom stereocenters. The summed E-state index contributed by atoms with van der Waals surface area (Å²) in [5.74, 6) is 0.0897. The molecule has 1 fully saturated rings. The molecule has 6 nitrogen and oxygen atoms in total. The standard InChI is InChI=1S/C23H28N4O2/c1-29-16-23(9-11-24-12-10-23)22(28)25-14-18-5-4-6-19(13-18)15-27-17-26-20-7-2-3-8-21(20)27/h2-8,13,17,24H,9-12,14-16H2,1H3,(H,25,28). The molecule has 1 aliphatic rings. The third kappa shape index (κ3) is 4.33. The topological polar surface area (TPSA) is 68.2 Å². The number of fused-ring (bicyclic) bond motifs is 1. The van der Waals surface area contributed by atoms with E-state index in [0.29, 0.717) is 13.2 Å². The highest BCUT2D eigenvalue weighted by Crippen LogP contribution is 2.29. The van der Waals surface area contributed by atoms with Crippen molar-refractivity contribution in [2.75, 3.05) is 26.8 Å². The van der Waals surface area contributed by atoms with E-state index in [0.717, 1.165) is 49.1 Å². The lowest BCUT2D eigenvalue weighted by Crippen LogP contribution is -2.49. The van der Waals surface area contributed by atoms with Crippen LogP contribution in [-0.2, 0) is 22.6 Å². The van der Waals surface area contributed by atoms with E-state index in [1.54, 1.807) is 7.11 Å². The van der Waals surface area contributed by atoms with Gasteiger partial charge < -0.3 is 19.9 Å². The summed E-state index contributed by atoms with van der Waals surface area (Å²) in [5.41, 5.74) is 3.99. The van der Waals surface area contributed by atoms with Crippen LogP contribution in [0.3, 0.4) is 0 Å². The number of para-hydroxylation sites is 2. The average Bonchev–Trinajstić information content (AvgIpc) is 3.16. The number of aromatic nitrogens is 2. The minimum Gasteiger partial charge on any atom is -0.384 e. The summed E-state index contributed by atoms with van der Waals surface area (Å²) in [6.45, 7) is 3.45. The summed E-state index contributed by atoms with van der Waals surface area (Å²) in [7, 11) is 1.67. The van der Waals surface area contributed by atoms with Crippen molar-refractivity contribution in [2.45, 2.75) is 25.9 Å². The molecule has 0 bridgehead atoms. The van der Waals surface area contributed by atoms with E-state index in [9.17, 15) is 4.79 Å². The number of rotatable bonds is 7. The molecule has 0 spiro atoms. The Bertz CT molecular complexity index is 970. The van der Waals surface area contributed by atoms with Crippen molar-refractivity contribution in [1.29, 1.82) is 0 Å². The summed E-state index contributed by atoms with van der Waals surface area (Å²) in [6, 6.07) is 16.5. The molecule has 3 aromatic rings. The van der Waals surface area contributed by atoms with Crippen LogP contribution in [0, 0.1) is 5.41 Å². The molecule has 0 radical (unpaired) electrons. The van der Waals surface area contributed by atoms with Gasteiger partial charge in [0.25, 0.3) is 0 Å². The number of hydrogen-bond acceptors (Lipinski definition) is 4. The zero-order valence-electron chi connectivity index (χ0n) is 16.9. The number of nitrogens with one attached hydrogen (secondary N) is 2. The fourth-order valence-corrected chi connectivity index (χ4v) is 4.16. The zero-order valence-corrected chi connectivity index (χ0v) is 16.9. The number of hydrogen-bond donors (Lipinski definition) is 2. The first-order chi connectivity index (χ1) is 14.2. The number of amides is 1. The minimum absolute atomic E-state index is 0.0897. The number of methoxy groups -OCH3 is 1. The molecule has 1 saturated heterocycles. The predicted octanol–water partition coefficient (Wildman–Crippen LogP) is 2.72. The Morgan fingerprint density at radius 2 is 1.97 bits per heavy atom. The summed E-state index contributed by atoms with van der Waals surface area (Å²) in [5, 5.41) is 6.47. The molecular weight excluding hydrogens is 364 g/mol. The van der Waals surface area contributed by atoms with E-state index in [2.05, 4.69) is 44.5 Å². The Morgan fingerprint density at radius 1 is 1.17 bits per heavy atom. The minimum atomic E-state index is -0.423. The molecular formula is C23H28N4O2. The molecule has 1 aliphatic heterocycles. The van der Waals surface area contributed by atoms with Crippen molar-refractivity contribution >= 4 is 16.9 Å². The van der Waals surface area contributed by atoms with Crippen LogP contribution >= 0.6 is 0 Å². The molecule has 1 aromatic heterocycles. The van der Waals surface area contributed by atoms with E-state index in [4.69, 9.17) is 4.74 Å². The quantitative estimate of drug-likeness (QED) is 0.649. The van der Waals surface area contributed by atoms with Gasteiger partial charge in [0.05, 0.1) is 29.4 Å². The molecule has 0 atom stereocenters. The first kappa shape index (κ1) is 19.6. The summed E-state index contributed by atoms with van der Waals surface area (Å²) >= 11 is 0. The van der Waals surface area contributed by atoms with Crippen LogP contribution in [-0.4, -0.2) is 42.3 Å². The van der Waals surface area contributed by atoms with Crippen LogP contribution in [0.2, 0.25) is 0 Å². The highest BCUT2D eigenvalue weighted by Gasteiger charge is 2.39. The smallest absolute Gasteiger partial charge is 0.228 e. The fraction of sp³-hybridized carbons (Fsp3) is 0.391. The summed E-state index contributed by atoms with van der Waals surface area (Å²) in [4.78, 5) is 17.4. The zero-order chi connectivity index (χ0) is 20.1. The molecule has 2 heterocycles. The summed E-state index contributed by atoms with van der Waals surface area (Å²) in [6.07, 6.45) is 3.49. The maximum Gasteiger partial charge on any atom is 0.228 e. The van der Waals surface area contributed by atoms with Gasteiger partial charge in [-0.3, -0.25) is 4.79 Å². The molecule has 2 N–H and O–H groups in total. The van der Waals surface area contributed by atoms with Crippen LogP contribution in [0.1, 0.15) is 24.0 Å². The second-order valence-electron chi connectivity index (χ2n) is 7.83. The number of nitrogens with zero attached hydrogens (tertiary/aromatic N) is 2. The van der Waals surface area contributed by atoms with Gasteiger partial charge in [0.1, 0.15) is 0 Å². The van der Waals surface area contributed by atoms with Crippen molar-refractivity contribution in [3.05, 3.63) is 66.0 Å². The van der Waals surface area contributed by atoms with Crippen molar-refractivity contribution < 1.29 is 9.53 Å². The van der Waals surface area contributed by atoms with Crippen LogP contribution < -0.4 is 10.6 Å². The molecule has 4 rings (SSSR count). The van der Waals surface area contributed by atoms with Gasteiger partial charge in [0.15, 0.2) is 0 Å². The van der Waals surface area contributed by atoms with E-state index < -0.39 is 5.41 Å². The molecule has 1 amide bonds. The first-order valence-electron chi connectivity index (χ1n) is 10.2. The Morgan fingerprint density at radius 3 is 2.79 bits per heavy atom. The van der Waals surface area contributed by atoms with Gasteiger partial charge in [-0.25, -0.2) is 4.98 Å². The molecule has 0 aliphatic carbocycles. The van der Waals surface area contributed by atoms with Gasteiger partial charge in [-0.05, 0) is 49.2 Å². The summed E-state index contributed by atoms with van der Waals surface area (Å²) < 4.78 is 7.52. The highest BCUT2D eigenvalue weighted by molar-refractivity contribution is 5.83. The van der Waals surface area contributed by atoms with E-state index in [1.807, 2.05) is 30.6 Å². The highest BCUT2D eigenvalue weighted by atomic mass is 16.5. The SMILES string of the molecule is COCC1(C(=O)NCc2cccc(Cn3cnc4ccccc43)c2)CCNCC1. The van der Waals surface area contributed by atoms with E-state index in [-0.39, 0.29) is 5.91 Å². The van der Waals surface area contributed by atoms with Crippen LogP contribution in [0.15, 0.2) is 54.9 Å². The molecule has 6 heteroatoms. The molecule has 0 saturated carbocycles. The second kappa shape index (κ2) is 8.76. The normalized spacial score (nSPS) is 16.0. The molecule has 152 valence electrons. The Kier molecular flexibility index (Phi) is 5.92. The van der Waals surface area contributed by atoms with Crippen LogP contribution in [0.4, 0.5) is 0 Å². The largest absolute Gasteiger partial charge is 0.384 e. The maximum atomic E-state index is 12.9. The van der Waals surface area contributed by atoms with Gasteiger partial charge in [-0.15, -0.1) is 0 Å². The number of ether oxygens (including phenoxy) is 1. The van der Waals surface area contributed by atoms with Gasteiger partial charge in [0, 0.05) is 20.2 Å². The second-order valence-corrected chi connectivity index (χ2v) is 7.83. The average molecular weight is 393 g/mol. The van der Waals surface area contributed by atoms with Crippen molar-refractivity contribution in [3.63, 3.8) is 0 Å². The monoisotopic (exact) mass is 392 g/mol. The fourth-order valence-electron chi connectivity index (χ4n) is 4.16. The third-order valence-electron chi connectivity index (χ3n) is 5.79. The number of imidazole rings is 1. The third-order valence-corrected chi connectivity index (χ3v) is 5.79. The number of carbonyl (C=O) groups excluding carboxylic acids is 1. The van der Waals surface area contributed by atoms with Crippen molar-refractivity contribution in [2.24, 2.45) is 5.41 Å². The molecule has 29 heavy (non-hydrogen) atoms. The number of piperidine rings is 1. The number of carbonyl (C=O) groups is 1. The Hall–Kier alpha value is -2.70. The van der Waals surface area contributed by atoms with Crippen LogP contribution in [0.5, 0.6) is 0 Å². The first-order valence-corrected chi connectivity index (χ1v) is 10.2. The number of benzene rings is 2. The lowest BCUT2D eigenvalue weighted by molar-refractivity contribution is -0.136. The maximum absolute atomic E-state index is 12.9. The predicted molar refractivity (Wildman–Crippen MR) is 114 cm³/mol. The van der Waals surface area contributed by atoms with Gasteiger partial charge in [-0.1, -0.05) is 36.4 Å². The Labute approximate surface area is 171 Å². The Balaban J connectivity index is 1.43. The lowest BCUT2D eigenvalue weighted by atomic mass is 9.78. The van der Waals surface area contributed by atoms with Crippen molar-refractivity contribution in [1.82, 2.24) is 20.2 Å². The van der Waals surface area contributed by atoms with Crippen molar-refractivity contribution in [3.8, 4) is 0 Å². The van der Waals surface area contributed by atoms with Gasteiger partial charge in [0.2, 0.25) is 5.91 Å². The van der Waals surface area contributed by atoms with Gasteiger partial charge >= 0.3 is 0 Å². The van der Waals surface area contributed by atoms with E-state index in [1.165, 1.54) is 5.56 Å². The van der Waals surface area contributed by atoms with Crippen LogP contribution in [0.25, 0.3) is 11.0 Å². The molecule has 2 aromatic carbocycles. The van der Waals surface area contributed by atoms with Gasteiger partial charge in [-0.2, -0.15) is 0 Å². The van der Waals surface area contributed by atoms with E-state index >= 15 is 0 Å². The lowest BCUT2D eigenvalue weighted by Gasteiger charge is -2.35.